The van der Waals surface area contributed by atoms with Gasteiger partial charge in [0.15, 0.2) is 12.4 Å². The van der Waals surface area contributed by atoms with Gasteiger partial charge in [0.25, 0.3) is 0 Å². The minimum absolute atomic E-state index is 0.0345. The Morgan fingerprint density at radius 3 is 2.52 bits per heavy atom. The number of carbonyl (C=O) groups excluding carboxylic acids is 3. The third-order valence-electron chi connectivity index (χ3n) is 5.03. The number of esters is 1. The number of anilines is 1. The van der Waals surface area contributed by atoms with Gasteiger partial charge in [-0.25, -0.2) is 4.39 Å². The Kier molecular flexibility index (Phi) is 5.08. The van der Waals surface area contributed by atoms with Gasteiger partial charge in [-0.1, -0.05) is 36.4 Å². The summed E-state index contributed by atoms with van der Waals surface area (Å²) in [6.07, 6.45) is 0.0345. The molecule has 3 aromatic carbocycles. The number of hydrogen-bond donors (Lipinski definition) is 0. The molecule has 0 aromatic heterocycles. The fourth-order valence-corrected chi connectivity index (χ4v) is 3.52. The first kappa shape index (κ1) is 18.8. The van der Waals surface area contributed by atoms with Gasteiger partial charge in [-0.2, -0.15) is 0 Å². The van der Waals surface area contributed by atoms with Crippen molar-refractivity contribution in [2.45, 2.75) is 6.42 Å². The maximum atomic E-state index is 12.9. The highest BCUT2D eigenvalue weighted by Gasteiger charge is 2.36. The van der Waals surface area contributed by atoms with Crippen molar-refractivity contribution >= 4 is 34.1 Å². The second-order valence-electron chi connectivity index (χ2n) is 6.94. The van der Waals surface area contributed by atoms with Crippen molar-refractivity contribution in [3.8, 4) is 0 Å². The highest BCUT2D eigenvalue weighted by atomic mass is 19.1. The van der Waals surface area contributed by atoms with E-state index in [1.54, 1.807) is 4.90 Å². The van der Waals surface area contributed by atoms with Crippen molar-refractivity contribution < 1.29 is 23.5 Å². The number of Topliss-reactive ketones (excluding diaryl/α,β-unsaturated/α-hetero) is 1. The fourth-order valence-electron chi connectivity index (χ4n) is 3.52. The maximum Gasteiger partial charge on any atom is 0.311 e. The van der Waals surface area contributed by atoms with Gasteiger partial charge in [0.1, 0.15) is 5.82 Å². The monoisotopic (exact) mass is 391 g/mol. The van der Waals surface area contributed by atoms with E-state index in [9.17, 15) is 18.8 Å². The van der Waals surface area contributed by atoms with Gasteiger partial charge in [0.05, 0.1) is 11.6 Å². The van der Waals surface area contributed by atoms with Gasteiger partial charge in [-0.3, -0.25) is 14.4 Å². The lowest BCUT2D eigenvalue weighted by molar-refractivity contribution is -0.147. The summed E-state index contributed by atoms with van der Waals surface area (Å²) in [5.74, 6) is -2.25. The number of fused-ring (bicyclic) bond motifs is 1. The maximum absolute atomic E-state index is 12.9. The molecular weight excluding hydrogens is 373 g/mol. The Morgan fingerprint density at radius 1 is 1.00 bits per heavy atom. The lowest BCUT2D eigenvalue weighted by atomic mass is 10.1. The molecule has 1 heterocycles. The molecule has 1 atom stereocenters. The Balaban J connectivity index is 1.43. The highest BCUT2D eigenvalue weighted by molar-refractivity contribution is 6.06. The Morgan fingerprint density at radius 2 is 1.72 bits per heavy atom. The SMILES string of the molecule is O=C(COC(=O)C1CC(=O)N(c2cccc3ccccc23)C1)c1ccc(F)cc1. The number of halogens is 1. The van der Waals surface area contributed by atoms with Gasteiger partial charge in [0, 0.05) is 23.9 Å². The molecule has 3 aromatic rings. The molecule has 1 unspecified atom stereocenters. The molecule has 5 nitrogen and oxygen atoms in total. The largest absolute Gasteiger partial charge is 0.457 e. The Labute approximate surface area is 166 Å². The number of benzene rings is 3. The van der Waals surface area contributed by atoms with E-state index >= 15 is 0 Å². The number of rotatable bonds is 5. The van der Waals surface area contributed by atoms with Crippen molar-refractivity contribution in [1.29, 1.82) is 0 Å². The third kappa shape index (κ3) is 3.87. The summed E-state index contributed by atoms with van der Waals surface area (Å²) >= 11 is 0. The van der Waals surface area contributed by atoms with Crippen LogP contribution in [0.5, 0.6) is 0 Å². The van der Waals surface area contributed by atoms with E-state index in [0.29, 0.717) is 0 Å². The first-order valence-corrected chi connectivity index (χ1v) is 9.26. The van der Waals surface area contributed by atoms with E-state index in [-0.39, 0.29) is 24.4 Å². The molecule has 29 heavy (non-hydrogen) atoms. The summed E-state index contributed by atoms with van der Waals surface area (Å²) in [6.45, 7) is -0.236. The summed E-state index contributed by atoms with van der Waals surface area (Å²) in [5.41, 5.74) is 1.02. The number of nitrogens with zero attached hydrogens (tertiary/aromatic N) is 1. The standard InChI is InChI=1S/C23H18FNO4/c24-18-10-8-16(9-11-18)21(26)14-29-23(28)17-12-22(27)25(13-17)20-7-3-5-15-4-1-2-6-19(15)20/h1-11,17H,12-14H2. The van der Waals surface area contributed by atoms with Crippen LogP contribution in [-0.2, 0) is 14.3 Å². The first-order chi connectivity index (χ1) is 14.0. The normalized spacial score (nSPS) is 16.2. The molecule has 6 heteroatoms. The zero-order chi connectivity index (χ0) is 20.4. The van der Waals surface area contributed by atoms with Gasteiger partial charge >= 0.3 is 5.97 Å². The molecule has 0 N–H and O–H groups in total. The average Bonchev–Trinajstić information content (AvgIpc) is 3.13. The molecular formula is C23H18FNO4. The van der Waals surface area contributed by atoms with Crippen molar-refractivity contribution in [3.05, 3.63) is 78.1 Å². The minimum atomic E-state index is -0.637. The molecule has 1 aliphatic heterocycles. The summed E-state index contributed by atoms with van der Waals surface area (Å²) in [7, 11) is 0. The van der Waals surface area contributed by atoms with Gasteiger partial charge < -0.3 is 9.64 Å². The van der Waals surface area contributed by atoms with Crippen LogP contribution in [0.4, 0.5) is 10.1 Å². The quantitative estimate of drug-likeness (QED) is 0.491. The van der Waals surface area contributed by atoms with Crippen molar-refractivity contribution in [2.24, 2.45) is 5.92 Å². The average molecular weight is 391 g/mol. The number of amides is 1. The molecule has 1 saturated heterocycles. The molecule has 1 fully saturated rings. The van der Waals surface area contributed by atoms with Crippen LogP contribution in [0.1, 0.15) is 16.8 Å². The van der Waals surface area contributed by atoms with Crippen LogP contribution < -0.4 is 4.90 Å². The van der Waals surface area contributed by atoms with E-state index in [1.807, 2.05) is 42.5 Å². The lowest BCUT2D eigenvalue weighted by Gasteiger charge is -2.18. The summed E-state index contributed by atoms with van der Waals surface area (Å²) in [4.78, 5) is 38.6. The second-order valence-corrected chi connectivity index (χ2v) is 6.94. The van der Waals surface area contributed by atoms with Gasteiger partial charge in [-0.15, -0.1) is 0 Å². The molecule has 0 spiro atoms. The zero-order valence-corrected chi connectivity index (χ0v) is 15.5. The van der Waals surface area contributed by atoms with E-state index < -0.39 is 30.1 Å². The predicted octanol–water partition coefficient (Wildman–Crippen LogP) is 3.76. The number of ketones is 1. The van der Waals surface area contributed by atoms with Crippen molar-refractivity contribution in [1.82, 2.24) is 0 Å². The minimum Gasteiger partial charge on any atom is -0.457 e. The molecule has 0 aliphatic carbocycles. The number of ether oxygens (including phenoxy) is 1. The molecule has 0 radical (unpaired) electrons. The van der Waals surface area contributed by atoms with Crippen molar-refractivity contribution in [3.63, 3.8) is 0 Å². The molecule has 0 saturated carbocycles. The summed E-state index contributed by atoms with van der Waals surface area (Å²) in [5, 5.41) is 1.94. The number of hydrogen-bond acceptors (Lipinski definition) is 4. The van der Waals surface area contributed by atoms with Crippen LogP contribution in [0.25, 0.3) is 10.8 Å². The highest BCUT2D eigenvalue weighted by Crippen LogP contribution is 2.32. The van der Waals surface area contributed by atoms with E-state index in [0.717, 1.165) is 16.5 Å². The lowest BCUT2D eigenvalue weighted by Crippen LogP contribution is -2.27. The Bertz CT molecular complexity index is 1090. The predicted molar refractivity (Wildman–Crippen MR) is 106 cm³/mol. The molecule has 0 bridgehead atoms. The fraction of sp³-hybridized carbons (Fsp3) is 0.174. The third-order valence-corrected chi connectivity index (χ3v) is 5.03. The van der Waals surface area contributed by atoms with E-state index in [2.05, 4.69) is 0 Å². The van der Waals surface area contributed by atoms with Crippen LogP contribution in [0, 0.1) is 11.7 Å². The van der Waals surface area contributed by atoms with E-state index in [4.69, 9.17) is 4.74 Å². The van der Waals surface area contributed by atoms with Crippen LogP contribution in [0.15, 0.2) is 66.7 Å². The van der Waals surface area contributed by atoms with Crippen LogP contribution in [0.3, 0.4) is 0 Å². The zero-order valence-electron chi connectivity index (χ0n) is 15.5. The topological polar surface area (TPSA) is 63.7 Å². The summed E-state index contributed by atoms with van der Waals surface area (Å²) < 4.78 is 18.1. The van der Waals surface area contributed by atoms with Gasteiger partial charge in [-0.05, 0) is 35.7 Å². The Hall–Kier alpha value is -3.54. The molecule has 1 aliphatic rings. The molecule has 1 amide bonds. The van der Waals surface area contributed by atoms with Crippen LogP contribution >= 0.6 is 0 Å². The van der Waals surface area contributed by atoms with Crippen molar-refractivity contribution in [2.75, 3.05) is 18.1 Å². The first-order valence-electron chi connectivity index (χ1n) is 9.26. The molecule has 4 rings (SSSR count). The smallest absolute Gasteiger partial charge is 0.311 e. The number of carbonyl (C=O) groups is 3. The summed E-state index contributed by atoms with van der Waals surface area (Å²) in [6, 6.07) is 18.4. The molecule has 146 valence electrons. The van der Waals surface area contributed by atoms with E-state index in [1.165, 1.54) is 24.3 Å². The van der Waals surface area contributed by atoms with Crippen LogP contribution in [-0.4, -0.2) is 30.8 Å². The van der Waals surface area contributed by atoms with Crippen LogP contribution in [0.2, 0.25) is 0 Å². The second kappa shape index (κ2) is 7.83. The van der Waals surface area contributed by atoms with Gasteiger partial charge in [0.2, 0.25) is 5.91 Å².